The molecular weight excluding hydrogens is 370 g/mol. The first-order valence-corrected chi connectivity index (χ1v) is 9.73. The largest absolute Gasteiger partial charge is 0.362 e. The van der Waals surface area contributed by atoms with E-state index in [-0.39, 0.29) is 35.1 Å². The molecule has 1 aliphatic heterocycles. The number of nitrogens with zero attached hydrogens (tertiary/aromatic N) is 3. The second-order valence-corrected chi connectivity index (χ2v) is 7.36. The molecule has 0 aliphatic carbocycles. The predicted octanol–water partition coefficient (Wildman–Crippen LogP) is 3.52. The highest BCUT2D eigenvalue weighted by atomic mass is 16.6. The third-order valence-electron chi connectivity index (χ3n) is 5.31. The number of nitro benzene ring substituents is 1. The molecule has 29 heavy (non-hydrogen) atoms. The van der Waals surface area contributed by atoms with Crippen LogP contribution < -0.4 is 4.90 Å². The van der Waals surface area contributed by atoms with Crippen LogP contribution in [0, 0.1) is 24.0 Å². The number of carbonyl (C=O) groups excluding carboxylic acids is 2. The Hall–Kier alpha value is -3.22. The van der Waals surface area contributed by atoms with Crippen LogP contribution in [-0.4, -0.2) is 47.7 Å². The summed E-state index contributed by atoms with van der Waals surface area (Å²) in [5.74, 6) is -0.0658. The van der Waals surface area contributed by atoms with Crippen LogP contribution in [0.4, 0.5) is 11.4 Å². The van der Waals surface area contributed by atoms with E-state index < -0.39 is 0 Å². The van der Waals surface area contributed by atoms with Crippen LogP contribution in [0.3, 0.4) is 0 Å². The van der Waals surface area contributed by atoms with Crippen LogP contribution >= 0.6 is 0 Å². The Bertz CT molecular complexity index is 933. The average molecular weight is 395 g/mol. The molecule has 0 radical (unpaired) electrons. The SMILES string of the molecule is Cc1ccc(C)c(C(=O)CCC(=O)N2CCN(c3ccccc3[N+](=O)[O-])CC2)c1. The van der Waals surface area contributed by atoms with Crippen molar-refractivity contribution in [3.05, 3.63) is 69.3 Å². The smallest absolute Gasteiger partial charge is 0.292 e. The lowest BCUT2D eigenvalue weighted by atomic mass is 9.99. The number of anilines is 1. The third kappa shape index (κ3) is 4.80. The van der Waals surface area contributed by atoms with E-state index in [1.807, 2.05) is 36.9 Å². The number of hydrogen-bond acceptors (Lipinski definition) is 5. The molecule has 7 nitrogen and oxygen atoms in total. The molecule has 2 aromatic rings. The lowest BCUT2D eigenvalue weighted by Gasteiger charge is -2.35. The summed E-state index contributed by atoms with van der Waals surface area (Å²) in [7, 11) is 0. The minimum absolute atomic E-state index is 0.0157. The van der Waals surface area contributed by atoms with Gasteiger partial charge < -0.3 is 9.80 Å². The molecule has 0 spiro atoms. The van der Waals surface area contributed by atoms with Gasteiger partial charge in [-0.1, -0.05) is 29.8 Å². The Balaban J connectivity index is 1.55. The number of Topliss-reactive ketones (excluding diaryl/α,β-unsaturated/α-hetero) is 1. The number of carbonyl (C=O) groups is 2. The molecule has 0 atom stereocenters. The van der Waals surface area contributed by atoms with Gasteiger partial charge in [0.1, 0.15) is 5.69 Å². The zero-order chi connectivity index (χ0) is 21.0. The van der Waals surface area contributed by atoms with Crippen LogP contribution in [0.25, 0.3) is 0 Å². The number of ketones is 1. The van der Waals surface area contributed by atoms with Crippen LogP contribution in [0.15, 0.2) is 42.5 Å². The van der Waals surface area contributed by atoms with Gasteiger partial charge in [0.05, 0.1) is 4.92 Å². The minimum atomic E-state index is -0.383. The molecule has 1 amide bonds. The van der Waals surface area contributed by atoms with Gasteiger partial charge in [0.2, 0.25) is 5.91 Å². The fourth-order valence-corrected chi connectivity index (χ4v) is 3.63. The van der Waals surface area contributed by atoms with Gasteiger partial charge >= 0.3 is 0 Å². The van der Waals surface area contributed by atoms with E-state index in [9.17, 15) is 19.7 Å². The van der Waals surface area contributed by atoms with E-state index in [0.717, 1.165) is 11.1 Å². The standard InChI is InChI=1S/C22H25N3O4/c1-16-7-8-17(2)18(15-16)21(26)9-10-22(27)24-13-11-23(12-14-24)19-5-3-4-6-20(19)25(28)29/h3-8,15H,9-14H2,1-2H3. The summed E-state index contributed by atoms with van der Waals surface area (Å²) in [5.41, 5.74) is 3.28. The van der Waals surface area contributed by atoms with Gasteiger partial charge in [-0.3, -0.25) is 19.7 Å². The summed E-state index contributed by atoms with van der Waals surface area (Å²) in [4.78, 5) is 39.6. The molecule has 3 rings (SSSR count). The van der Waals surface area contributed by atoms with Gasteiger partial charge in [-0.05, 0) is 31.5 Å². The molecule has 0 aromatic heterocycles. The molecule has 1 aliphatic rings. The summed E-state index contributed by atoms with van der Waals surface area (Å²) in [6, 6.07) is 12.4. The molecular formula is C22H25N3O4. The molecule has 1 saturated heterocycles. The molecule has 1 heterocycles. The molecule has 152 valence electrons. The van der Waals surface area contributed by atoms with Gasteiger partial charge in [-0.2, -0.15) is 0 Å². The third-order valence-corrected chi connectivity index (χ3v) is 5.31. The number of aryl methyl sites for hydroxylation is 2. The van der Waals surface area contributed by atoms with Crippen molar-refractivity contribution in [2.75, 3.05) is 31.1 Å². The topological polar surface area (TPSA) is 83.8 Å². The number of nitro groups is 1. The van der Waals surface area contributed by atoms with Crippen molar-refractivity contribution in [2.45, 2.75) is 26.7 Å². The normalized spacial score (nSPS) is 14.0. The Morgan fingerprint density at radius 1 is 1.00 bits per heavy atom. The maximum atomic E-state index is 12.6. The van der Waals surface area contributed by atoms with Gasteiger partial charge in [0.15, 0.2) is 5.78 Å². The van der Waals surface area contributed by atoms with Crippen LogP contribution in [-0.2, 0) is 4.79 Å². The Labute approximate surface area is 170 Å². The highest BCUT2D eigenvalue weighted by molar-refractivity contribution is 5.99. The van der Waals surface area contributed by atoms with Crippen molar-refractivity contribution in [1.82, 2.24) is 4.90 Å². The van der Waals surface area contributed by atoms with E-state index in [2.05, 4.69) is 0 Å². The zero-order valence-electron chi connectivity index (χ0n) is 16.8. The minimum Gasteiger partial charge on any atom is -0.362 e. The summed E-state index contributed by atoms with van der Waals surface area (Å²) in [6.07, 6.45) is 0.366. The zero-order valence-corrected chi connectivity index (χ0v) is 16.8. The molecule has 2 aromatic carbocycles. The Morgan fingerprint density at radius 2 is 1.69 bits per heavy atom. The number of para-hydroxylation sites is 2. The first kappa shape index (κ1) is 20.5. The molecule has 1 fully saturated rings. The summed E-state index contributed by atoms with van der Waals surface area (Å²) < 4.78 is 0. The van der Waals surface area contributed by atoms with Gasteiger partial charge in [0.25, 0.3) is 5.69 Å². The van der Waals surface area contributed by atoms with Crippen LogP contribution in [0.2, 0.25) is 0 Å². The van der Waals surface area contributed by atoms with E-state index >= 15 is 0 Å². The lowest BCUT2D eigenvalue weighted by Crippen LogP contribution is -2.49. The first-order chi connectivity index (χ1) is 13.9. The van der Waals surface area contributed by atoms with Crippen LogP contribution in [0.5, 0.6) is 0 Å². The number of amides is 1. The van der Waals surface area contributed by atoms with Crippen molar-refractivity contribution >= 4 is 23.1 Å². The van der Waals surface area contributed by atoms with Gasteiger partial charge in [-0.15, -0.1) is 0 Å². The van der Waals surface area contributed by atoms with Crippen molar-refractivity contribution < 1.29 is 14.5 Å². The van der Waals surface area contributed by atoms with Gasteiger partial charge in [0, 0.05) is 50.7 Å². The Kier molecular flexibility index (Phi) is 6.26. The quantitative estimate of drug-likeness (QED) is 0.424. The van der Waals surface area contributed by atoms with Crippen molar-refractivity contribution in [1.29, 1.82) is 0 Å². The van der Waals surface area contributed by atoms with Gasteiger partial charge in [-0.25, -0.2) is 0 Å². The second kappa shape index (κ2) is 8.86. The highest BCUT2D eigenvalue weighted by Crippen LogP contribution is 2.28. The molecule has 0 N–H and O–H groups in total. The maximum Gasteiger partial charge on any atom is 0.292 e. The number of rotatable bonds is 6. The maximum absolute atomic E-state index is 12.6. The number of hydrogen-bond donors (Lipinski definition) is 0. The second-order valence-electron chi connectivity index (χ2n) is 7.36. The van der Waals surface area contributed by atoms with E-state index in [1.54, 1.807) is 23.1 Å². The molecule has 0 saturated carbocycles. The molecule has 0 unspecified atom stereocenters. The summed E-state index contributed by atoms with van der Waals surface area (Å²) in [5, 5.41) is 11.2. The lowest BCUT2D eigenvalue weighted by molar-refractivity contribution is -0.384. The van der Waals surface area contributed by atoms with E-state index in [1.165, 1.54) is 6.07 Å². The van der Waals surface area contributed by atoms with Crippen molar-refractivity contribution in [2.24, 2.45) is 0 Å². The number of piperazine rings is 1. The monoisotopic (exact) mass is 395 g/mol. The average Bonchev–Trinajstić information content (AvgIpc) is 2.73. The van der Waals surface area contributed by atoms with Crippen molar-refractivity contribution in [3.8, 4) is 0 Å². The van der Waals surface area contributed by atoms with E-state index in [0.29, 0.717) is 37.4 Å². The Morgan fingerprint density at radius 3 is 2.38 bits per heavy atom. The predicted molar refractivity (Wildman–Crippen MR) is 111 cm³/mol. The highest BCUT2D eigenvalue weighted by Gasteiger charge is 2.25. The van der Waals surface area contributed by atoms with Crippen LogP contribution in [0.1, 0.15) is 34.3 Å². The fraction of sp³-hybridized carbons (Fsp3) is 0.364. The summed E-state index contributed by atoms with van der Waals surface area (Å²) >= 11 is 0. The van der Waals surface area contributed by atoms with E-state index in [4.69, 9.17) is 0 Å². The molecule has 0 bridgehead atoms. The molecule has 7 heteroatoms. The van der Waals surface area contributed by atoms with Crippen molar-refractivity contribution in [3.63, 3.8) is 0 Å². The summed E-state index contributed by atoms with van der Waals surface area (Å²) in [6.45, 7) is 5.88. The number of benzene rings is 2. The first-order valence-electron chi connectivity index (χ1n) is 9.73. The fourth-order valence-electron chi connectivity index (χ4n) is 3.63.